The Kier molecular flexibility index (Phi) is 8.25. The van der Waals surface area contributed by atoms with Gasteiger partial charge in [0.15, 0.2) is 0 Å². The van der Waals surface area contributed by atoms with Crippen LogP contribution in [0.1, 0.15) is 0 Å². The Morgan fingerprint density at radius 2 is 0.719 bits per heavy atom. The maximum absolute atomic E-state index is 4.57. The number of pyridine rings is 2. The van der Waals surface area contributed by atoms with Gasteiger partial charge in [0.25, 0.3) is 0 Å². The molecule has 296 valence electrons. The highest BCUT2D eigenvalue weighted by Gasteiger charge is 2.24. The second kappa shape index (κ2) is 14.6. The lowest BCUT2D eigenvalue weighted by atomic mass is 9.79. The van der Waals surface area contributed by atoms with Gasteiger partial charge in [-0.2, -0.15) is 0 Å². The molecular weight excluding hydrogens is 773 g/mol. The van der Waals surface area contributed by atoms with Crippen molar-refractivity contribution in [1.82, 2.24) is 9.97 Å². The zero-order valence-corrected chi connectivity index (χ0v) is 34.8. The van der Waals surface area contributed by atoms with Gasteiger partial charge in [0.2, 0.25) is 0 Å². The Morgan fingerprint density at radius 3 is 1.42 bits per heavy atom. The average Bonchev–Trinajstić information content (AvgIpc) is 3.37. The highest BCUT2D eigenvalue weighted by molar-refractivity contribution is 6.31. The van der Waals surface area contributed by atoms with Crippen LogP contribution in [0.3, 0.4) is 0 Å². The summed E-state index contributed by atoms with van der Waals surface area (Å²) in [5.74, 6) is 0. The fourth-order valence-corrected chi connectivity index (χ4v) is 10.5. The lowest BCUT2D eigenvalue weighted by Gasteiger charge is -2.23. The molecule has 0 atom stereocenters. The van der Waals surface area contributed by atoms with E-state index < -0.39 is 0 Å². The number of rotatable bonds is 5. The van der Waals surface area contributed by atoms with Crippen molar-refractivity contribution in [3.8, 4) is 55.6 Å². The molecule has 0 radical (unpaired) electrons. The molecule has 13 aromatic rings. The van der Waals surface area contributed by atoms with E-state index in [0.29, 0.717) is 0 Å². The van der Waals surface area contributed by atoms with E-state index in [2.05, 4.69) is 216 Å². The monoisotopic (exact) mass is 810 g/mol. The number of nitrogens with zero attached hydrogens (tertiary/aromatic N) is 2. The first-order chi connectivity index (χ1) is 31.8. The number of aromatic nitrogens is 2. The first-order valence-corrected chi connectivity index (χ1v) is 21.9. The van der Waals surface area contributed by atoms with Gasteiger partial charge in [-0.05, 0) is 157 Å². The van der Waals surface area contributed by atoms with Crippen molar-refractivity contribution in [3.05, 3.63) is 231 Å². The minimum absolute atomic E-state index is 1.11. The lowest BCUT2D eigenvalue weighted by Crippen LogP contribution is -1.96. The second-order valence-electron chi connectivity index (χ2n) is 16.8. The number of fused-ring (bicyclic) bond motifs is 8. The van der Waals surface area contributed by atoms with Crippen molar-refractivity contribution in [2.75, 3.05) is 0 Å². The van der Waals surface area contributed by atoms with Gasteiger partial charge < -0.3 is 0 Å². The molecule has 0 aliphatic carbocycles. The SMILES string of the molecule is c1ccc(-c2ccc3c(-c4cccc5cnccc45)c4cc5c(-c6ccccc6)c(-c6ccc7ccccc7c6)c6ccccc6c5cc4c(-c4cccc5cnccc45)c3c2)cc1. The van der Waals surface area contributed by atoms with Gasteiger partial charge >= 0.3 is 0 Å². The third-order valence-corrected chi connectivity index (χ3v) is 13.4. The molecule has 0 N–H and O–H groups in total. The van der Waals surface area contributed by atoms with Gasteiger partial charge in [-0.25, -0.2) is 0 Å². The van der Waals surface area contributed by atoms with Crippen LogP contribution in [0.2, 0.25) is 0 Å². The maximum Gasteiger partial charge on any atom is 0.0346 e. The van der Waals surface area contributed by atoms with Gasteiger partial charge in [-0.1, -0.05) is 170 Å². The third kappa shape index (κ3) is 5.66. The zero-order valence-electron chi connectivity index (χ0n) is 34.8. The van der Waals surface area contributed by atoms with E-state index in [0.717, 1.165) is 10.8 Å². The molecule has 11 aromatic carbocycles. The average molecular weight is 811 g/mol. The molecule has 0 aliphatic rings. The van der Waals surface area contributed by atoms with Crippen molar-refractivity contribution in [3.63, 3.8) is 0 Å². The molecule has 0 spiro atoms. The van der Waals surface area contributed by atoms with Crippen molar-refractivity contribution in [2.45, 2.75) is 0 Å². The van der Waals surface area contributed by atoms with E-state index in [1.54, 1.807) is 0 Å². The summed E-state index contributed by atoms with van der Waals surface area (Å²) in [6, 6.07) is 76.2. The Morgan fingerprint density at radius 1 is 0.219 bits per heavy atom. The van der Waals surface area contributed by atoms with Crippen LogP contribution in [-0.2, 0) is 0 Å². The van der Waals surface area contributed by atoms with E-state index in [9.17, 15) is 0 Å². The summed E-state index contributed by atoms with van der Waals surface area (Å²) in [6.45, 7) is 0. The molecular formula is C62H38N2. The smallest absolute Gasteiger partial charge is 0.0346 e. The van der Waals surface area contributed by atoms with Crippen LogP contribution in [0.25, 0.3) is 131 Å². The minimum Gasteiger partial charge on any atom is -0.264 e. The second-order valence-corrected chi connectivity index (χ2v) is 16.8. The highest BCUT2D eigenvalue weighted by atomic mass is 14.6. The van der Waals surface area contributed by atoms with E-state index in [1.165, 1.54) is 120 Å². The first-order valence-electron chi connectivity index (χ1n) is 21.9. The van der Waals surface area contributed by atoms with Crippen LogP contribution in [0.4, 0.5) is 0 Å². The van der Waals surface area contributed by atoms with Crippen LogP contribution in [-0.4, -0.2) is 9.97 Å². The van der Waals surface area contributed by atoms with E-state index in [-0.39, 0.29) is 0 Å². The third-order valence-electron chi connectivity index (χ3n) is 13.4. The van der Waals surface area contributed by atoms with E-state index >= 15 is 0 Å². The van der Waals surface area contributed by atoms with Gasteiger partial charge in [-0.3, -0.25) is 9.97 Å². The fourth-order valence-electron chi connectivity index (χ4n) is 10.5. The molecule has 0 unspecified atom stereocenters. The molecule has 0 fully saturated rings. The predicted octanol–water partition coefficient (Wildman–Crippen LogP) is 16.9. The van der Waals surface area contributed by atoms with Gasteiger partial charge in [0.1, 0.15) is 0 Å². The quantitative estimate of drug-likeness (QED) is 0.128. The summed E-state index contributed by atoms with van der Waals surface area (Å²) >= 11 is 0. The molecule has 64 heavy (non-hydrogen) atoms. The number of hydrogen-bond donors (Lipinski definition) is 0. The first kappa shape index (κ1) is 36.2. The molecule has 2 heteroatoms. The maximum atomic E-state index is 4.57. The highest BCUT2D eigenvalue weighted by Crippen LogP contribution is 2.52. The summed E-state index contributed by atoms with van der Waals surface area (Å²) in [5, 5.41) is 16.8. The van der Waals surface area contributed by atoms with Crippen molar-refractivity contribution < 1.29 is 0 Å². The minimum atomic E-state index is 1.11. The Hall–Kier alpha value is -8.46. The van der Waals surface area contributed by atoms with Crippen LogP contribution < -0.4 is 0 Å². The predicted molar refractivity (Wildman–Crippen MR) is 272 cm³/mol. The molecule has 0 saturated carbocycles. The lowest BCUT2D eigenvalue weighted by molar-refractivity contribution is 1.36. The van der Waals surface area contributed by atoms with Crippen molar-refractivity contribution in [1.29, 1.82) is 0 Å². The van der Waals surface area contributed by atoms with Crippen LogP contribution >= 0.6 is 0 Å². The summed E-state index contributed by atoms with van der Waals surface area (Å²) < 4.78 is 0. The molecule has 2 heterocycles. The topological polar surface area (TPSA) is 25.8 Å². The molecule has 13 rings (SSSR count). The summed E-state index contributed by atoms with van der Waals surface area (Å²) in [6.07, 6.45) is 7.82. The van der Waals surface area contributed by atoms with Crippen LogP contribution in [0.5, 0.6) is 0 Å². The zero-order chi connectivity index (χ0) is 42.1. The molecule has 0 bridgehead atoms. The van der Waals surface area contributed by atoms with Crippen molar-refractivity contribution in [2.24, 2.45) is 0 Å². The Balaban J connectivity index is 1.29. The fraction of sp³-hybridized carbons (Fsp3) is 0. The summed E-state index contributed by atoms with van der Waals surface area (Å²) in [4.78, 5) is 9.13. The largest absolute Gasteiger partial charge is 0.264 e. The van der Waals surface area contributed by atoms with E-state index in [1.807, 2.05) is 24.8 Å². The number of hydrogen-bond acceptors (Lipinski definition) is 2. The van der Waals surface area contributed by atoms with Gasteiger partial charge in [0, 0.05) is 35.6 Å². The Labute approximate surface area is 370 Å². The van der Waals surface area contributed by atoms with Crippen LogP contribution in [0.15, 0.2) is 231 Å². The molecule has 2 aromatic heterocycles. The molecule has 0 aliphatic heterocycles. The number of benzene rings is 11. The molecule has 0 saturated heterocycles. The Bertz CT molecular complexity index is 3990. The summed E-state index contributed by atoms with van der Waals surface area (Å²) in [5.41, 5.74) is 12.0. The van der Waals surface area contributed by atoms with Crippen molar-refractivity contribution >= 4 is 75.4 Å². The molecule has 0 amide bonds. The summed E-state index contributed by atoms with van der Waals surface area (Å²) in [7, 11) is 0. The van der Waals surface area contributed by atoms with Crippen LogP contribution in [0, 0.1) is 0 Å². The molecule has 2 nitrogen and oxygen atoms in total. The normalized spacial score (nSPS) is 11.8. The van der Waals surface area contributed by atoms with E-state index in [4.69, 9.17) is 0 Å². The van der Waals surface area contributed by atoms with Gasteiger partial charge in [0.05, 0.1) is 0 Å². The standard InChI is InChI=1S/C62H38N2/c1-3-13-39(14-4-1)43-27-28-53-55(34-43)62(51-24-12-20-46-38-64-32-30-48(46)51)57-35-54-49-21-9-10-22-52(49)60(44-26-25-40-15-7-8-18-42(40)33-44)59(41-16-5-2-6-17-41)56(54)36-58(57)61(53)50-23-11-19-45-37-63-31-29-47(45)50/h1-38H. The van der Waals surface area contributed by atoms with Gasteiger partial charge in [-0.15, -0.1) is 0 Å².